The van der Waals surface area contributed by atoms with Crippen molar-refractivity contribution in [3.8, 4) is 0 Å². The molecule has 21 heteroatoms. The highest BCUT2D eigenvalue weighted by Gasteiger charge is 2.31. The number of hydrogen-bond donors (Lipinski definition) is 13. The van der Waals surface area contributed by atoms with Crippen LogP contribution in [0, 0.1) is 0 Å². The molecular formula is C24H42N8O11S2. The first kappa shape index (κ1) is 41.3. The first-order chi connectivity index (χ1) is 20.9. The van der Waals surface area contributed by atoms with E-state index in [9.17, 15) is 48.6 Å². The van der Waals surface area contributed by atoms with Gasteiger partial charge in [0.15, 0.2) is 0 Å². The molecule has 0 aliphatic heterocycles. The van der Waals surface area contributed by atoms with E-state index in [0.29, 0.717) is 0 Å². The maximum Gasteiger partial charge on any atom is 0.325 e. The molecule has 0 saturated heterocycles. The maximum absolute atomic E-state index is 12.6. The summed E-state index contributed by atoms with van der Waals surface area (Å²) in [5, 5.41) is 43.9. The van der Waals surface area contributed by atoms with Crippen LogP contribution in [0.2, 0.25) is 0 Å². The zero-order chi connectivity index (χ0) is 35.0. The summed E-state index contributed by atoms with van der Waals surface area (Å²) in [4.78, 5) is 97.1. The zero-order valence-corrected chi connectivity index (χ0v) is 26.8. The number of aliphatic hydroxyl groups is 2. The lowest BCUT2D eigenvalue weighted by atomic mass is 10.1. The number of carboxylic acid groups (broad SMARTS) is 1. The highest BCUT2D eigenvalue weighted by molar-refractivity contribution is 7.80. The first-order valence-electron chi connectivity index (χ1n) is 13.5. The summed E-state index contributed by atoms with van der Waals surface area (Å²) in [5.41, 5.74) is 5.49. The van der Waals surface area contributed by atoms with Crippen molar-refractivity contribution in [3.05, 3.63) is 0 Å². The third-order valence-electron chi connectivity index (χ3n) is 5.88. The Hall–Kier alpha value is -3.66. The van der Waals surface area contributed by atoms with Gasteiger partial charge >= 0.3 is 5.97 Å². The minimum atomic E-state index is -1.56. The number of nitrogens with one attached hydrogen (secondary N) is 7. The third kappa shape index (κ3) is 15.3. The lowest BCUT2D eigenvalue weighted by Crippen LogP contribution is -2.59. The Morgan fingerprint density at radius 3 is 1.47 bits per heavy atom. The molecular weight excluding hydrogens is 640 g/mol. The average molecular weight is 683 g/mol. The third-order valence-corrected chi connectivity index (χ3v) is 6.61. The number of amides is 7. The van der Waals surface area contributed by atoms with E-state index in [4.69, 9.17) is 10.8 Å². The minimum absolute atomic E-state index is 0.207. The van der Waals surface area contributed by atoms with Crippen LogP contribution in [-0.4, -0.2) is 136 Å². The number of carboxylic acids is 1. The number of carbonyl (C=O) groups is 8. The Morgan fingerprint density at radius 2 is 1.04 bits per heavy atom. The normalized spacial score (nSPS) is 16.1. The molecule has 0 spiro atoms. The SMILES string of the molecule is C[C@H](NC(=O)[C@@H](NC(=O)[C@H](CS)NC(=O)CNC(=O)[C@H](CS)NC(=O)CNC(=O)[C@H](C)NC(=O)[C@@H](N)[C@@H](C)O)[C@@H](C)O)C(=O)O. The van der Waals surface area contributed by atoms with Crippen LogP contribution in [0.25, 0.3) is 0 Å². The van der Waals surface area contributed by atoms with Gasteiger partial charge < -0.3 is 58.3 Å². The van der Waals surface area contributed by atoms with E-state index >= 15 is 0 Å². The van der Waals surface area contributed by atoms with Gasteiger partial charge in [-0.2, -0.15) is 25.3 Å². The van der Waals surface area contributed by atoms with Gasteiger partial charge in [-0.1, -0.05) is 0 Å². The Labute approximate surface area is 269 Å². The summed E-state index contributed by atoms with van der Waals surface area (Å²) in [6.45, 7) is 3.74. The quantitative estimate of drug-likeness (QED) is 0.0566. The molecule has 19 nitrogen and oxygen atoms in total. The van der Waals surface area contributed by atoms with Gasteiger partial charge in [-0.25, -0.2) is 0 Å². The fourth-order valence-corrected chi connectivity index (χ4v) is 3.62. The molecule has 8 atom stereocenters. The molecule has 256 valence electrons. The summed E-state index contributed by atoms with van der Waals surface area (Å²) < 4.78 is 0. The van der Waals surface area contributed by atoms with E-state index in [1.165, 1.54) is 27.7 Å². The fraction of sp³-hybridized carbons (Fsp3) is 0.667. The van der Waals surface area contributed by atoms with Crippen molar-refractivity contribution in [1.29, 1.82) is 0 Å². The molecule has 0 bridgehead atoms. The number of hydrogen-bond acceptors (Lipinski definition) is 13. The van der Waals surface area contributed by atoms with Crippen molar-refractivity contribution >= 4 is 72.6 Å². The highest BCUT2D eigenvalue weighted by atomic mass is 32.1. The second kappa shape index (κ2) is 20.4. The van der Waals surface area contributed by atoms with Crippen LogP contribution in [0.3, 0.4) is 0 Å². The molecule has 0 radical (unpaired) electrons. The first-order valence-corrected chi connectivity index (χ1v) is 14.7. The monoisotopic (exact) mass is 682 g/mol. The van der Waals surface area contributed by atoms with Crippen molar-refractivity contribution in [2.45, 2.75) is 76.2 Å². The molecule has 45 heavy (non-hydrogen) atoms. The van der Waals surface area contributed by atoms with Crippen molar-refractivity contribution in [2.24, 2.45) is 5.73 Å². The van der Waals surface area contributed by atoms with Gasteiger partial charge in [-0.3, -0.25) is 38.4 Å². The number of thiol groups is 2. The van der Waals surface area contributed by atoms with E-state index in [1.807, 2.05) is 0 Å². The number of rotatable bonds is 19. The molecule has 0 aliphatic carbocycles. The van der Waals surface area contributed by atoms with E-state index in [1.54, 1.807) is 0 Å². The van der Waals surface area contributed by atoms with Gasteiger partial charge in [0, 0.05) is 11.5 Å². The average Bonchev–Trinajstić information content (AvgIpc) is 2.97. The van der Waals surface area contributed by atoms with Gasteiger partial charge in [0.05, 0.1) is 25.3 Å². The largest absolute Gasteiger partial charge is 0.480 e. The predicted molar refractivity (Wildman–Crippen MR) is 164 cm³/mol. The summed E-state index contributed by atoms with van der Waals surface area (Å²) in [7, 11) is 0. The molecule has 0 unspecified atom stereocenters. The van der Waals surface area contributed by atoms with Crippen LogP contribution < -0.4 is 43.0 Å². The Balaban J connectivity index is 4.91. The van der Waals surface area contributed by atoms with Gasteiger partial charge in [-0.05, 0) is 27.7 Å². The highest BCUT2D eigenvalue weighted by Crippen LogP contribution is 1.99. The number of aliphatic carboxylic acids is 1. The number of carbonyl (C=O) groups excluding carboxylic acids is 7. The van der Waals surface area contributed by atoms with Crippen LogP contribution in [0.5, 0.6) is 0 Å². The minimum Gasteiger partial charge on any atom is -0.480 e. The van der Waals surface area contributed by atoms with Gasteiger partial charge in [0.25, 0.3) is 0 Å². The second-order valence-electron chi connectivity index (χ2n) is 9.83. The summed E-state index contributed by atoms with van der Waals surface area (Å²) in [5.74, 6) is -7.77. The Morgan fingerprint density at radius 1 is 0.600 bits per heavy atom. The lowest BCUT2D eigenvalue weighted by Gasteiger charge is -2.25. The fourth-order valence-electron chi connectivity index (χ4n) is 3.11. The van der Waals surface area contributed by atoms with E-state index in [0.717, 1.165) is 0 Å². The topological polar surface area (TPSA) is 307 Å². The van der Waals surface area contributed by atoms with Crippen molar-refractivity contribution in [1.82, 2.24) is 37.2 Å². The van der Waals surface area contributed by atoms with Crippen molar-refractivity contribution in [2.75, 3.05) is 24.6 Å². The molecule has 0 aromatic heterocycles. The smallest absolute Gasteiger partial charge is 0.325 e. The van der Waals surface area contributed by atoms with Crippen LogP contribution in [-0.2, 0) is 38.4 Å². The summed E-state index contributed by atoms with van der Waals surface area (Å²) >= 11 is 7.98. The van der Waals surface area contributed by atoms with E-state index < -0.39 is 109 Å². The number of nitrogens with two attached hydrogens (primary N) is 1. The zero-order valence-electron chi connectivity index (χ0n) is 25.0. The van der Waals surface area contributed by atoms with Crippen LogP contribution in [0.1, 0.15) is 27.7 Å². The molecule has 0 fully saturated rings. The van der Waals surface area contributed by atoms with Crippen LogP contribution in [0.15, 0.2) is 0 Å². The maximum atomic E-state index is 12.6. The molecule has 7 amide bonds. The van der Waals surface area contributed by atoms with Gasteiger partial charge in [0.2, 0.25) is 41.4 Å². The summed E-state index contributed by atoms with van der Waals surface area (Å²) in [6.07, 6.45) is -2.59. The standard InChI is InChI=1S/C24H42N8O11S2/c1-9(28-22(40)17(25)11(3)33)19(37)26-5-15(35)30-13(7-44)20(38)27-6-16(36)31-14(8-45)21(39)32-18(12(4)34)23(41)29-10(2)24(42)43/h9-14,17-18,33-34,44-45H,5-8,25H2,1-4H3,(H,26,37)(H,27,38)(H,28,40)(H,29,41)(H,30,35)(H,31,36)(H,32,39)(H,42,43)/t9-,10-,11+,12+,13-,14-,17-,18-/m0/s1. The van der Waals surface area contributed by atoms with E-state index in [2.05, 4.69) is 62.5 Å². The van der Waals surface area contributed by atoms with Gasteiger partial charge in [-0.15, -0.1) is 0 Å². The van der Waals surface area contributed by atoms with Gasteiger partial charge in [0.1, 0.15) is 36.3 Å². The molecule has 0 rings (SSSR count). The van der Waals surface area contributed by atoms with Crippen molar-refractivity contribution in [3.63, 3.8) is 0 Å². The molecule has 0 aromatic rings. The molecule has 0 heterocycles. The molecule has 12 N–H and O–H groups in total. The Bertz CT molecular complexity index is 1100. The van der Waals surface area contributed by atoms with E-state index in [-0.39, 0.29) is 11.5 Å². The summed E-state index contributed by atoms with van der Waals surface area (Å²) in [6, 6.07) is -7.81. The predicted octanol–water partition coefficient (Wildman–Crippen LogP) is -6.28. The van der Waals surface area contributed by atoms with Crippen LogP contribution >= 0.6 is 25.3 Å². The second-order valence-corrected chi connectivity index (χ2v) is 10.6. The molecule has 0 aliphatic rings. The Kier molecular flexibility index (Phi) is 18.7. The number of aliphatic hydroxyl groups excluding tert-OH is 2. The lowest BCUT2D eigenvalue weighted by molar-refractivity contribution is -0.142. The van der Waals surface area contributed by atoms with Crippen molar-refractivity contribution < 1.29 is 53.7 Å². The molecule has 0 aromatic carbocycles. The molecule has 0 saturated carbocycles. The van der Waals surface area contributed by atoms with Crippen LogP contribution in [0.4, 0.5) is 0 Å².